The average molecular weight is 466 g/mol. The van der Waals surface area contributed by atoms with Crippen LogP contribution in [0.4, 0.5) is 8.78 Å². The number of benzene rings is 2. The molecule has 1 unspecified atom stereocenters. The van der Waals surface area contributed by atoms with Crippen molar-refractivity contribution in [2.24, 2.45) is 5.92 Å². The standard InChI is InChI=1S/C22H25F2N3O4S/c1-15(2)20(25-21(28)16-6-4-3-5-7-16)22(29)26-10-12-27(13-11-26)32(30,31)19-9-8-17(23)14-18(19)24/h3-9,14-15,20H,10-13H2,1-2H3,(H,25,28). The number of halogens is 2. The highest BCUT2D eigenvalue weighted by atomic mass is 32.2. The molecule has 2 aromatic rings. The van der Waals surface area contributed by atoms with Crippen LogP contribution in [0.2, 0.25) is 0 Å². The van der Waals surface area contributed by atoms with E-state index in [0.29, 0.717) is 11.6 Å². The second-order valence-corrected chi connectivity index (χ2v) is 9.77. The van der Waals surface area contributed by atoms with Crippen molar-refractivity contribution in [3.8, 4) is 0 Å². The third-order valence-corrected chi connectivity index (χ3v) is 7.25. The fourth-order valence-electron chi connectivity index (χ4n) is 3.50. The zero-order valence-electron chi connectivity index (χ0n) is 17.8. The first kappa shape index (κ1) is 23.8. The van der Waals surface area contributed by atoms with E-state index in [4.69, 9.17) is 0 Å². The zero-order valence-corrected chi connectivity index (χ0v) is 18.6. The van der Waals surface area contributed by atoms with Crippen LogP contribution in [0.15, 0.2) is 53.4 Å². The lowest BCUT2D eigenvalue weighted by atomic mass is 10.0. The summed E-state index contributed by atoms with van der Waals surface area (Å²) in [4.78, 5) is 26.5. The summed E-state index contributed by atoms with van der Waals surface area (Å²) < 4.78 is 53.7. The molecule has 1 saturated heterocycles. The van der Waals surface area contributed by atoms with E-state index < -0.39 is 32.6 Å². The van der Waals surface area contributed by atoms with Gasteiger partial charge in [0.25, 0.3) is 5.91 Å². The molecule has 1 aliphatic rings. The van der Waals surface area contributed by atoms with Crippen LogP contribution < -0.4 is 5.32 Å². The van der Waals surface area contributed by atoms with Gasteiger partial charge < -0.3 is 10.2 Å². The first-order valence-electron chi connectivity index (χ1n) is 10.2. The van der Waals surface area contributed by atoms with E-state index in [9.17, 15) is 26.8 Å². The van der Waals surface area contributed by atoms with Gasteiger partial charge in [-0.05, 0) is 30.2 Å². The monoisotopic (exact) mass is 465 g/mol. The zero-order chi connectivity index (χ0) is 23.5. The molecular formula is C22H25F2N3O4S. The lowest BCUT2D eigenvalue weighted by molar-refractivity contribution is -0.135. The van der Waals surface area contributed by atoms with Gasteiger partial charge in [0.2, 0.25) is 15.9 Å². The molecule has 1 heterocycles. The van der Waals surface area contributed by atoms with Crippen molar-refractivity contribution in [3.63, 3.8) is 0 Å². The number of hydrogen-bond donors (Lipinski definition) is 1. The Hall–Kier alpha value is -2.85. The number of carbonyl (C=O) groups excluding carboxylic acids is 2. The molecule has 0 aliphatic carbocycles. The van der Waals surface area contributed by atoms with Crippen molar-refractivity contribution < 1.29 is 26.8 Å². The van der Waals surface area contributed by atoms with Crippen molar-refractivity contribution in [3.05, 3.63) is 65.7 Å². The SMILES string of the molecule is CC(C)C(NC(=O)c1ccccc1)C(=O)N1CCN(S(=O)(=O)c2ccc(F)cc2F)CC1. The molecule has 2 aromatic carbocycles. The van der Waals surface area contributed by atoms with E-state index in [1.165, 1.54) is 4.90 Å². The second kappa shape index (κ2) is 9.74. The maximum Gasteiger partial charge on any atom is 0.251 e. The fourth-order valence-corrected chi connectivity index (χ4v) is 4.96. The van der Waals surface area contributed by atoms with Crippen LogP contribution in [0.1, 0.15) is 24.2 Å². The van der Waals surface area contributed by atoms with Crippen LogP contribution in [0.5, 0.6) is 0 Å². The Bertz CT molecular complexity index is 1090. The largest absolute Gasteiger partial charge is 0.340 e. The van der Waals surface area contributed by atoms with Crippen molar-refractivity contribution in [1.82, 2.24) is 14.5 Å². The van der Waals surface area contributed by atoms with Gasteiger partial charge in [-0.3, -0.25) is 9.59 Å². The van der Waals surface area contributed by atoms with E-state index in [0.717, 1.165) is 16.4 Å². The molecule has 1 aliphatic heterocycles. The van der Waals surface area contributed by atoms with Gasteiger partial charge in [0.05, 0.1) is 0 Å². The molecular weight excluding hydrogens is 440 g/mol. The molecule has 1 fully saturated rings. The van der Waals surface area contributed by atoms with Gasteiger partial charge >= 0.3 is 0 Å². The van der Waals surface area contributed by atoms with Crippen LogP contribution >= 0.6 is 0 Å². The van der Waals surface area contributed by atoms with E-state index in [1.54, 1.807) is 30.3 Å². The highest BCUT2D eigenvalue weighted by Gasteiger charge is 2.35. The maximum absolute atomic E-state index is 14.0. The van der Waals surface area contributed by atoms with E-state index in [1.807, 2.05) is 13.8 Å². The van der Waals surface area contributed by atoms with E-state index in [2.05, 4.69) is 5.32 Å². The summed E-state index contributed by atoms with van der Waals surface area (Å²) >= 11 is 0. The molecule has 172 valence electrons. The quantitative estimate of drug-likeness (QED) is 0.709. The smallest absolute Gasteiger partial charge is 0.251 e. The Morgan fingerprint density at radius 1 is 0.969 bits per heavy atom. The fraction of sp³-hybridized carbons (Fsp3) is 0.364. The van der Waals surface area contributed by atoms with Gasteiger partial charge in [-0.25, -0.2) is 17.2 Å². The summed E-state index contributed by atoms with van der Waals surface area (Å²) in [6.07, 6.45) is 0. The van der Waals surface area contributed by atoms with E-state index >= 15 is 0 Å². The van der Waals surface area contributed by atoms with Crippen LogP contribution in [0, 0.1) is 17.6 Å². The van der Waals surface area contributed by atoms with Crippen LogP contribution in [-0.4, -0.2) is 61.7 Å². The molecule has 1 atom stereocenters. The average Bonchev–Trinajstić information content (AvgIpc) is 2.77. The number of piperazine rings is 1. The summed E-state index contributed by atoms with van der Waals surface area (Å²) in [6, 6.07) is 10.1. The normalized spacial score (nSPS) is 16.1. The molecule has 0 radical (unpaired) electrons. The number of hydrogen-bond acceptors (Lipinski definition) is 4. The van der Waals surface area contributed by atoms with Crippen molar-refractivity contribution in [2.75, 3.05) is 26.2 Å². The molecule has 0 bridgehead atoms. The van der Waals surface area contributed by atoms with Gasteiger partial charge in [-0.2, -0.15) is 4.31 Å². The van der Waals surface area contributed by atoms with Gasteiger partial charge in [-0.1, -0.05) is 32.0 Å². The highest BCUT2D eigenvalue weighted by Crippen LogP contribution is 2.22. The minimum Gasteiger partial charge on any atom is -0.340 e. The Morgan fingerprint density at radius 3 is 2.16 bits per heavy atom. The number of amides is 2. The number of rotatable bonds is 6. The molecule has 0 aromatic heterocycles. The molecule has 10 heteroatoms. The van der Waals surface area contributed by atoms with Crippen LogP contribution in [0.25, 0.3) is 0 Å². The Labute approximate surface area is 186 Å². The summed E-state index contributed by atoms with van der Waals surface area (Å²) in [7, 11) is -4.17. The number of nitrogens with one attached hydrogen (secondary N) is 1. The third-order valence-electron chi connectivity index (χ3n) is 5.32. The van der Waals surface area contributed by atoms with Crippen molar-refractivity contribution in [1.29, 1.82) is 0 Å². The van der Waals surface area contributed by atoms with Crippen molar-refractivity contribution >= 4 is 21.8 Å². The summed E-state index contributed by atoms with van der Waals surface area (Å²) in [6.45, 7) is 3.72. The molecule has 1 N–H and O–H groups in total. The lowest BCUT2D eigenvalue weighted by Crippen LogP contribution is -2.57. The Balaban J connectivity index is 1.67. The molecule has 3 rings (SSSR count). The predicted molar refractivity (Wildman–Crippen MR) is 114 cm³/mol. The van der Waals surface area contributed by atoms with Gasteiger partial charge in [0.15, 0.2) is 0 Å². The molecule has 32 heavy (non-hydrogen) atoms. The first-order chi connectivity index (χ1) is 15.1. The first-order valence-corrected chi connectivity index (χ1v) is 11.6. The van der Waals surface area contributed by atoms with Gasteiger partial charge in [-0.15, -0.1) is 0 Å². The van der Waals surface area contributed by atoms with Crippen LogP contribution in [0.3, 0.4) is 0 Å². The summed E-state index contributed by atoms with van der Waals surface area (Å²) in [5.74, 6) is -2.90. The summed E-state index contributed by atoms with van der Waals surface area (Å²) in [5, 5.41) is 2.76. The molecule has 0 saturated carbocycles. The molecule has 7 nitrogen and oxygen atoms in total. The number of nitrogens with zero attached hydrogens (tertiary/aromatic N) is 2. The minimum atomic E-state index is -4.17. The highest BCUT2D eigenvalue weighted by molar-refractivity contribution is 7.89. The van der Waals surface area contributed by atoms with Gasteiger partial charge in [0, 0.05) is 37.8 Å². The number of sulfonamides is 1. The van der Waals surface area contributed by atoms with E-state index in [-0.39, 0.29) is 43.9 Å². The third kappa shape index (κ3) is 5.13. The Kier molecular flexibility index (Phi) is 7.25. The minimum absolute atomic E-state index is 0.0393. The summed E-state index contributed by atoms with van der Waals surface area (Å²) in [5.41, 5.74) is 0.434. The predicted octanol–water partition coefficient (Wildman–Crippen LogP) is 2.25. The van der Waals surface area contributed by atoms with Crippen LogP contribution in [-0.2, 0) is 14.8 Å². The Morgan fingerprint density at radius 2 is 1.59 bits per heavy atom. The topological polar surface area (TPSA) is 86.8 Å². The number of carbonyl (C=O) groups is 2. The second-order valence-electron chi connectivity index (χ2n) is 7.87. The maximum atomic E-state index is 14.0. The molecule has 2 amide bonds. The molecule has 0 spiro atoms. The lowest BCUT2D eigenvalue weighted by Gasteiger charge is -2.36. The van der Waals surface area contributed by atoms with Gasteiger partial charge in [0.1, 0.15) is 22.6 Å². The van der Waals surface area contributed by atoms with Crippen molar-refractivity contribution in [2.45, 2.75) is 24.8 Å².